The average molecular weight is 299 g/mol. The molecule has 0 spiro atoms. The monoisotopic (exact) mass is 299 g/mol. The van der Waals surface area contributed by atoms with E-state index in [4.69, 9.17) is 0 Å². The lowest BCUT2D eigenvalue weighted by Gasteiger charge is -2.46. The minimum absolute atomic E-state index is 0.0724. The zero-order valence-electron chi connectivity index (χ0n) is 11.9. The van der Waals surface area contributed by atoms with E-state index in [1.165, 1.54) is 4.68 Å². The van der Waals surface area contributed by atoms with Gasteiger partial charge in [-0.3, -0.25) is 4.68 Å². The van der Waals surface area contributed by atoms with Crippen LogP contribution in [0, 0.1) is 6.92 Å². The van der Waals surface area contributed by atoms with Crippen molar-refractivity contribution in [3.05, 3.63) is 11.8 Å². The molecular formula is C13H21N3O3S. The standard InChI is InChI=1S/C13H21N3O3S/c1-9-8-14-15(2)13(9)20(18,19)16-10-4-3-5-11(16)7-12(17)6-10/h8,10-12,17H,3-7H2,1-2H3/t10-,11+,12?. The maximum absolute atomic E-state index is 13.0. The van der Waals surface area contributed by atoms with Gasteiger partial charge < -0.3 is 5.11 Å². The van der Waals surface area contributed by atoms with Crippen LogP contribution < -0.4 is 0 Å². The van der Waals surface area contributed by atoms with Gasteiger partial charge in [0.05, 0.1) is 12.3 Å². The summed E-state index contributed by atoms with van der Waals surface area (Å²) in [4.78, 5) is 0. The molecule has 0 amide bonds. The Hall–Kier alpha value is -0.920. The predicted molar refractivity (Wildman–Crippen MR) is 73.6 cm³/mol. The molecule has 1 unspecified atom stereocenters. The number of aromatic nitrogens is 2. The van der Waals surface area contributed by atoms with Crippen molar-refractivity contribution < 1.29 is 13.5 Å². The zero-order valence-corrected chi connectivity index (χ0v) is 12.7. The fraction of sp³-hybridized carbons (Fsp3) is 0.769. The molecule has 2 aliphatic rings. The van der Waals surface area contributed by atoms with Crippen LogP contribution in [0.15, 0.2) is 11.2 Å². The molecule has 2 aliphatic heterocycles. The number of piperidine rings is 2. The Bertz CT molecular complexity index is 577. The summed E-state index contributed by atoms with van der Waals surface area (Å²) in [6, 6.07) is -0.145. The summed E-state index contributed by atoms with van der Waals surface area (Å²) >= 11 is 0. The highest BCUT2D eigenvalue weighted by molar-refractivity contribution is 7.89. The van der Waals surface area contributed by atoms with Crippen LogP contribution in [0.2, 0.25) is 0 Å². The van der Waals surface area contributed by atoms with Crippen molar-refractivity contribution in [2.75, 3.05) is 0 Å². The smallest absolute Gasteiger partial charge is 0.260 e. The Morgan fingerprint density at radius 3 is 2.40 bits per heavy atom. The van der Waals surface area contributed by atoms with Gasteiger partial charge in [0.2, 0.25) is 0 Å². The summed E-state index contributed by atoms with van der Waals surface area (Å²) in [5.74, 6) is 0. The molecule has 20 heavy (non-hydrogen) atoms. The van der Waals surface area contributed by atoms with Crippen LogP contribution in [0.4, 0.5) is 0 Å². The third kappa shape index (κ3) is 2.08. The Kier molecular flexibility index (Phi) is 3.38. The van der Waals surface area contributed by atoms with Crippen LogP contribution in [0.3, 0.4) is 0 Å². The summed E-state index contributed by atoms with van der Waals surface area (Å²) in [6.07, 6.45) is 5.02. The number of fused-ring (bicyclic) bond motifs is 2. The lowest BCUT2D eigenvalue weighted by Crippen LogP contribution is -2.56. The van der Waals surface area contributed by atoms with E-state index in [1.54, 1.807) is 24.5 Å². The molecule has 0 radical (unpaired) electrons. The van der Waals surface area contributed by atoms with Crippen molar-refractivity contribution in [2.45, 2.75) is 62.2 Å². The summed E-state index contributed by atoms with van der Waals surface area (Å²) < 4.78 is 29.1. The lowest BCUT2D eigenvalue weighted by molar-refractivity contribution is 0.0217. The molecular weight excluding hydrogens is 278 g/mol. The molecule has 2 saturated heterocycles. The van der Waals surface area contributed by atoms with Gasteiger partial charge >= 0.3 is 0 Å². The minimum Gasteiger partial charge on any atom is -0.393 e. The van der Waals surface area contributed by atoms with Gasteiger partial charge in [0.25, 0.3) is 10.0 Å². The highest BCUT2D eigenvalue weighted by atomic mass is 32.2. The first kappa shape index (κ1) is 14.0. The predicted octanol–water partition coefficient (Wildman–Crippen LogP) is 0.795. The number of rotatable bonds is 2. The normalized spacial score (nSPS) is 31.4. The molecule has 0 saturated carbocycles. The van der Waals surface area contributed by atoms with Crippen LogP contribution in [-0.4, -0.2) is 45.8 Å². The molecule has 3 atom stereocenters. The third-order valence-corrected chi connectivity index (χ3v) is 6.69. The van der Waals surface area contributed by atoms with Crippen molar-refractivity contribution >= 4 is 10.0 Å². The van der Waals surface area contributed by atoms with Crippen LogP contribution in [0.1, 0.15) is 37.7 Å². The fourth-order valence-corrected chi connectivity index (χ4v) is 5.92. The van der Waals surface area contributed by atoms with Crippen molar-refractivity contribution in [2.24, 2.45) is 7.05 Å². The molecule has 2 fully saturated rings. The van der Waals surface area contributed by atoms with Gasteiger partial charge in [-0.2, -0.15) is 9.40 Å². The number of aliphatic hydroxyl groups excluding tert-OH is 1. The quantitative estimate of drug-likeness (QED) is 0.876. The van der Waals surface area contributed by atoms with Crippen LogP contribution >= 0.6 is 0 Å². The topological polar surface area (TPSA) is 75.4 Å². The summed E-state index contributed by atoms with van der Waals surface area (Å²) in [5.41, 5.74) is 0.677. The fourth-order valence-electron chi connectivity index (χ4n) is 3.71. The molecule has 0 aliphatic carbocycles. The molecule has 3 heterocycles. The third-order valence-electron chi connectivity index (χ3n) is 4.46. The van der Waals surface area contributed by atoms with Crippen molar-refractivity contribution in [3.8, 4) is 0 Å². The van der Waals surface area contributed by atoms with Crippen molar-refractivity contribution in [1.82, 2.24) is 14.1 Å². The lowest BCUT2D eigenvalue weighted by atomic mass is 9.85. The molecule has 1 N–H and O–H groups in total. The van der Waals surface area contributed by atoms with E-state index in [9.17, 15) is 13.5 Å². The highest BCUT2D eigenvalue weighted by Crippen LogP contribution is 2.38. The van der Waals surface area contributed by atoms with Gasteiger partial charge in [-0.25, -0.2) is 8.42 Å². The van der Waals surface area contributed by atoms with E-state index < -0.39 is 10.0 Å². The van der Waals surface area contributed by atoms with Crippen LogP contribution in [-0.2, 0) is 17.1 Å². The number of aryl methyl sites for hydroxylation is 2. The van der Waals surface area contributed by atoms with Crippen molar-refractivity contribution in [1.29, 1.82) is 0 Å². The second-order valence-electron chi connectivity index (χ2n) is 5.96. The maximum atomic E-state index is 13.0. The molecule has 1 aromatic heterocycles. The second kappa shape index (κ2) is 4.82. The first-order valence-corrected chi connectivity index (χ1v) is 8.55. The van der Waals surface area contributed by atoms with E-state index in [0.717, 1.165) is 19.3 Å². The minimum atomic E-state index is -3.54. The van der Waals surface area contributed by atoms with Gasteiger partial charge in [-0.05, 0) is 32.6 Å². The van der Waals surface area contributed by atoms with E-state index in [0.29, 0.717) is 18.4 Å². The Balaban J connectivity index is 2.03. The molecule has 7 heteroatoms. The molecule has 3 rings (SSSR count). The number of hydrogen-bond donors (Lipinski definition) is 1. The molecule has 2 bridgehead atoms. The highest BCUT2D eigenvalue weighted by Gasteiger charge is 2.45. The SMILES string of the molecule is Cc1cnn(C)c1S(=O)(=O)N1[C@@H]2CCC[C@H]1CC(O)C2. The number of hydrogen-bond acceptors (Lipinski definition) is 4. The van der Waals surface area contributed by atoms with Crippen LogP contribution in [0.25, 0.3) is 0 Å². The second-order valence-corrected chi connectivity index (χ2v) is 7.71. The number of sulfonamides is 1. The summed E-state index contributed by atoms with van der Waals surface area (Å²) in [6.45, 7) is 1.77. The van der Waals surface area contributed by atoms with E-state index in [1.807, 2.05) is 0 Å². The van der Waals surface area contributed by atoms with Gasteiger partial charge in [-0.15, -0.1) is 0 Å². The van der Waals surface area contributed by atoms with Gasteiger partial charge in [0, 0.05) is 24.7 Å². The molecule has 1 aromatic rings. The van der Waals surface area contributed by atoms with E-state index in [2.05, 4.69) is 5.10 Å². The first-order chi connectivity index (χ1) is 9.41. The Morgan fingerprint density at radius 1 is 1.30 bits per heavy atom. The average Bonchev–Trinajstić information content (AvgIpc) is 2.68. The van der Waals surface area contributed by atoms with Gasteiger partial charge in [0.1, 0.15) is 0 Å². The van der Waals surface area contributed by atoms with Crippen molar-refractivity contribution in [3.63, 3.8) is 0 Å². The first-order valence-electron chi connectivity index (χ1n) is 7.11. The van der Waals surface area contributed by atoms with E-state index in [-0.39, 0.29) is 23.2 Å². The maximum Gasteiger partial charge on any atom is 0.260 e. The van der Waals surface area contributed by atoms with Gasteiger partial charge in [-0.1, -0.05) is 6.42 Å². The molecule has 6 nitrogen and oxygen atoms in total. The van der Waals surface area contributed by atoms with Gasteiger partial charge in [0.15, 0.2) is 5.03 Å². The zero-order chi connectivity index (χ0) is 14.5. The molecule has 0 aromatic carbocycles. The van der Waals surface area contributed by atoms with E-state index >= 15 is 0 Å². The van der Waals surface area contributed by atoms with Crippen LogP contribution in [0.5, 0.6) is 0 Å². The number of nitrogens with zero attached hydrogens (tertiary/aromatic N) is 3. The Labute approximate surface area is 119 Å². The summed E-state index contributed by atoms with van der Waals surface area (Å²) in [5, 5.41) is 14.2. The molecule has 112 valence electrons. The Morgan fingerprint density at radius 2 is 1.90 bits per heavy atom. The number of aliphatic hydroxyl groups is 1. The largest absolute Gasteiger partial charge is 0.393 e. The summed E-state index contributed by atoms with van der Waals surface area (Å²) in [7, 11) is -1.88.